The highest BCUT2D eigenvalue weighted by Crippen LogP contribution is 2.21. The van der Waals surface area contributed by atoms with Gasteiger partial charge in [0.2, 0.25) is 10.0 Å². The number of rotatable bonds is 9. The number of amides is 1. The molecule has 0 aliphatic carbocycles. The zero-order valence-electron chi connectivity index (χ0n) is 18.7. The van der Waals surface area contributed by atoms with Gasteiger partial charge in [0.1, 0.15) is 11.9 Å². The molecule has 0 spiro atoms. The number of carbonyl (C=O) groups is 2. The molecule has 3 N–H and O–H groups in total. The molecule has 0 radical (unpaired) electrons. The van der Waals surface area contributed by atoms with Gasteiger partial charge < -0.3 is 20.1 Å². The maximum atomic E-state index is 13.1. The summed E-state index contributed by atoms with van der Waals surface area (Å²) in [5.41, 5.74) is 1.59. The number of benzene rings is 2. The minimum absolute atomic E-state index is 0.293. The van der Waals surface area contributed by atoms with E-state index in [0.717, 1.165) is 55.9 Å². The maximum Gasteiger partial charge on any atom is 0.327 e. The molecule has 1 saturated heterocycles. The number of aliphatic hydroxyl groups excluding tert-OH is 1. The van der Waals surface area contributed by atoms with Gasteiger partial charge >= 0.3 is 5.97 Å². The van der Waals surface area contributed by atoms with Crippen LogP contribution in [-0.4, -0.2) is 57.2 Å². The smallest absolute Gasteiger partial charge is 0.327 e. The van der Waals surface area contributed by atoms with Crippen LogP contribution in [0.25, 0.3) is 0 Å². The van der Waals surface area contributed by atoms with Crippen molar-refractivity contribution in [3.8, 4) is 0 Å². The largest absolute Gasteiger partial charge is 0.454 e. The Kier molecular flexibility index (Phi) is 8.59. The topological polar surface area (TPSA) is 125 Å². The van der Waals surface area contributed by atoms with Crippen molar-refractivity contribution in [1.29, 1.82) is 0 Å². The summed E-state index contributed by atoms with van der Waals surface area (Å²) in [6.07, 6.45) is 2.08. The van der Waals surface area contributed by atoms with Crippen molar-refractivity contribution < 1.29 is 32.2 Å². The van der Waals surface area contributed by atoms with Gasteiger partial charge in [-0.05, 0) is 74.7 Å². The third kappa shape index (κ3) is 6.99. The lowest BCUT2D eigenvalue weighted by molar-refractivity contribution is -0.151. The molecule has 2 aromatic rings. The molecule has 1 aliphatic heterocycles. The van der Waals surface area contributed by atoms with E-state index in [1.165, 1.54) is 13.3 Å². The normalized spacial score (nSPS) is 15.9. The molecule has 1 fully saturated rings. The van der Waals surface area contributed by atoms with E-state index in [4.69, 9.17) is 4.74 Å². The van der Waals surface area contributed by atoms with Crippen LogP contribution in [0, 0.1) is 5.82 Å². The first-order valence-electron chi connectivity index (χ1n) is 10.9. The van der Waals surface area contributed by atoms with E-state index in [0.29, 0.717) is 5.69 Å². The van der Waals surface area contributed by atoms with Crippen LogP contribution in [0.15, 0.2) is 53.4 Å². The zero-order valence-corrected chi connectivity index (χ0v) is 19.6. The van der Waals surface area contributed by atoms with E-state index in [1.54, 1.807) is 12.1 Å². The number of hydrogen-bond acceptors (Lipinski definition) is 7. The van der Waals surface area contributed by atoms with Crippen molar-refractivity contribution >= 4 is 33.3 Å². The van der Waals surface area contributed by atoms with Crippen LogP contribution in [0.2, 0.25) is 0 Å². The number of nitrogens with zero attached hydrogens (tertiary/aromatic N) is 1. The minimum Gasteiger partial charge on any atom is -0.454 e. The molecule has 1 amide bonds. The highest BCUT2D eigenvalue weighted by Gasteiger charge is 2.31. The second kappa shape index (κ2) is 11.4. The van der Waals surface area contributed by atoms with E-state index in [1.807, 2.05) is 16.9 Å². The summed E-state index contributed by atoms with van der Waals surface area (Å²) in [5.74, 6) is -2.38. The van der Waals surface area contributed by atoms with Crippen molar-refractivity contribution in [2.45, 2.75) is 43.2 Å². The van der Waals surface area contributed by atoms with E-state index in [-0.39, 0.29) is 4.90 Å². The summed E-state index contributed by atoms with van der Waals surface area (Å²) in [4.78, 5) is 26.6. The van der Waals surface area contributed by atoms with Gasteiger partial charge in [-0.25, -0.2) is 12.8 Å². The third-order valence-corrected chi connectivity index (χ3v) is 6.82. The fourth-order valence-electron chi connectivity index (χ4n) is 3.52. The molecule has 2 atom stereocenters. The zero-order chi connectivity index (χ0) is 24.7. The summed E-state index contributed by atoms with van der Waals surface area (Å²) in [6.45, 7) is 2.52. The van der Waals surface area contributed by atoms with Gasteiger partial charge in [0.15, 0.2) is 6.61 Å². The second-order valence-electron chi connectivity index (χ2n) is 8.04. The number of esters is 1. The van der Waals surface area contributed by atoms with Crippen LogP contribution in [-0.2, 0) is 24.3 Å². The van der Waals surface area contributed by atoms with Gasteiger partial charge in [-0.2, -0.15) is 4.72 Å². The monoisotopic (exact) mass is 493 g/mol. The van der Waals surface area contributed by atoms with Crippen molar-refractivity contribution in [3.05, 3.63) is 54.3 Å². The number of nitrogens with one attached hydrogen (secondary N) is 2. The van der Waals surface area contributed by atoms with Crippen molar-refractivity contribution in [2.24, 2.45) is 0 Å². The Morgan fingerprint density at radius 2 is 1.68 bits per heavy atom. The molecule has 1 heterocycles. The summed E-state index contributed by atoms with van der Waals surface area (Å²) in [7, 11) is -4.25. The first-order valence-corrected chi connectivity index (χ1v) is 12.4. The molecule has 0 bridgehead atoms. The lowest BCUT2D eigenvalue weighted by Crippen LogP contribution is -2.48. The first kappa shape index (κ1) is 25.6. The highest BCUT2D eigenvalue weighted by atomic mass is 32.2. The van der Waals surface area contributed by atoms with Gasteiger partial charge in [-0.3, -0.25) is 9.59 Å². The molecule has 0 saturated carbocycles. The van der Waals surface area contributed by atoms with E-state index in [2.05, 4.69) is 10.2 Å². The van der Waals surface area contributed by atoms with Gasteiger partial charge in [0.25, 0.3) is 5.91 Å². The van der Waals surface area contributed by atoms with Crippen LogP contribution < -0.4 is 14.9 Å². The van der Waals surface area contributed by atoms with E-state index in [9.17, 15) is 27.5 Å². The number of sulfonamides is 1. The molecule has 3 rings (SSSR count). The molecule has 34 heavy (non-hydrogen) atoms. The molecule has 2 unspecified atom stereocenters. The molecule has 184 valence electrons. The van der Waals surface area contributed by atoms with Crippen LogP contribution in [0.1, 0.15) is 26.2 Å². The van der Waals surface area contributed by atoms with Crippen LogP contribution in [0.4, 0.5) is 15.8 Å². The van der Waals surface area contributed by atoms with E-state index < -0.39 is 46.5 Å². The molecule has 11 heteroatoms. The first-order chi connectivity index (χ1) is 16.2. The maximum absolute atomic E-state index is 13.1. The fourth-order valence-corrected chi connectivity index (χ4v) is 4.78. The minimum atomic E-state index is -4.25. The van der Waals surface area contributed by atoms with Crippen LogP contribution in [0.3, 0.4) is 0 Å². The Balaban J connectivity index is 1.54. The molecular formula is C23H28FN3O6S. The number of hydrogen-bond donors (Lipinski definition) is 3. The van der Waals surface area contributed by atoms with Crippen molar-refractivity contribution in [1.82, 2.24) is 4.72 Å². The lowest BCUT2D eigenvalue weighted by Gasteiger charge is -2.28. The Morgan fingerprint density at radius 3 is 2.26 bits per heavy atom. The summed E-state index contributed by atoms with van der Waals surface area (Å²) in [6, 6.07) is 9.59. The lowest BCUT2D eigenvalue weighted by atomic mass is 10.1. The van der Waals surface area contributed by atoms with Gasteiger partial charge in [0.05, 0.1) is 11.0 Å². The van der Waals surface area contributed by atoms with E-state index >= 15 is 0 Å². The molecular weight excluding hydrogens is 465 g/mol. The van der Waals surface area contributed by atoms with Crippen molar-refractivity contribution in [3.63, 3.8) is 0 Å². The van der Waals surface area contributed by atoms with Crippen LogP contribution >= 0.6 is 0 Å². The molecule has 1 aliphatic rings. The van der Waals surface area contributed by atoms with Gasteiger partial charge in [-0.1, -0.05) is 0 Å². The third-order valence-electron chi connectivity index (χ3n) is 5.36. The Bertz CT molecular complexity index is 1080. The Hall–Kier alpha value is -3.02. The predicted molar refractivity (Wildman–Crippen MR) is 124 cm³/mol. The SMILES string of the molecule is CC(O)C(NS(=O)(=O)c1ccc(F)cc1)C(=O)OCC(=O)Nc1ccc(N2CCCCC2)cc1. The summed E-state index contributed by atoms with van der Waals surface area (Å²) < 4.78 is 44.9. The van der Waals surface area contributed by atoms with Crippen molar-refractivity contribution in [2.75, 3.05) is 29.9 Å². The number of halogens is 1. The number of carbonyl (C=O) groups excluding carboxylic acids is 2. The molecule has 9 nitrogen and oxygen atoms in total. The predicted octanol–water partition coefficient (Wildman–Crippen LogP) is 2.03. The number of piperidine rings is 1. The average molecular weight is 494 g/mol. The quantitative estimate of drug-likeness (QED) is 0.457. The number of aliphatic hydroxyl groups is 1. The Morgan fingerprint density at radius 1 is 1.06 bits per heavy atom. The van der Waals surface area contributed by atoms with Gasteiger partial charge in [-0.15, -0.1) is 0 Å². The second-order valence-corrected chi connectivity index (χ2v) is 9.76. The van der Waals surface area contributed by atoms with Gasteiger partial charge in [0, 0.05) is 24.5 Å². The molecule has 0 aromatic heterocycles. The fraction of sp³-hybridized carbons (Fsp3) is 0.391. The Labute approximate surface area is 198 Å². The highest BCUT2D eigenvalue weighted by molar-refractivity contribution is 7.89. The van der Waals surface area contributed by atoms with Crippen LogP contribution in [0.5, 0.6) is 0 Å². The summed E-state index contributed by atoms with van der Waals surface area (Å²) >= 11 is 0. The number of anilines is 2. The standard InChI is InChI=1S/C23H28FN3O6S/c1-16(28)22(26-34(31,32)20-11-5-17(24)6-12-20)23(30)33-15-21(29)25-18-7-9-19(10-8-18)27-13-3-2-4-14-27/h5-12,16,22,26,28H,2-4,13-15H2,1H3,(H,25,29). The summed E-state index contributed by atoms with van der Waals surface area (Å²) in [5, 5.41) is 12.5. The molecule has 2 aromatic carbocycles. The average Bonchev–Trinajstić information content (AvgIpc) is 2.82. The number of ether oxygens (including phenoxy) is 1.